The highest BCUT2D eigenvalue weighted by molar-refractivity contribution is 5.40. The van der Waals surface area contributed by atoms with E-state index in [2.05, 4.69) is 29.2 Å². The third-order valence-electron chi connectivity index (χ3n) is 4.07. The van der Waals surface area contributed by atoms with Gasteiger partial charge in [-0.1, -0.05) is 24.3 Å². The lowest BCUT2D eigenvalue weighted by atomic mass is 9.77. The van der Waals surface area contributed by atoms with E-state index in [4.69, 9.17) is 5.11 Å². The summed E-state index contributed by atoms with van der Waals surface area (Å²) in [6, 6.07) is 8.79. The van der Waals surface area contributed by atoms with Gasteiger partial charge in [-0.25, -0.2) is 0 Å². The minimum atomic E-state index is 0.359. The average molecular weight is 217 g/mol. The second-order valence-corrected chi connectivity index (χ2v) is 5.20. The van der Waals surface area contributed by atoms with Crippen molar-refractivity contribution in [2.75, 3.05) is 26.2 Å². The molecule has 1 aliphatic carbocycles. The number of likely N-dealkylation sites (tertiary alicyclic amines) is 1. The first-order chi connectivity index (χ1) is 7.86. The SMILES string of the molecule is OCC1CCN(CC2Cc3ccccc32)C1. The molecule has 86 valence electrons. The van der Waals surface area contributed by atoms with Crippen LogP contribution in [0.5, 0.6) is 0 Å². The summed E-state index contributed by atoms with van der Waals surface area (Å²) in [5, 5.41) is 9.12. The number of fused-ring (bicyclic) bond motifs is 1. The number of aliphatic hydroxyl groups excluding tert-OH is 1. The standard InChI is InChI=1S/C14H19NO/c16-10-11-5-6-15(8-11)9-13-7-12-3-1-2-4-14(12)13/h1-4,11,13,16H,5-10H2. The lowest BCUT2D eigenvalue weighted by Gasteiger charge is -2.33. The average Bonchev–Trinajstić information content (AvgIpc) is 2.74. The molecule has 1 aromatic rings. The highest BCUT2D eigenvalue weighted by Gasteiger charge is 2.30. The largest absolute Gasteiger partial charge is 0.396 e. The van der Waals surface area contributed by atoms with Crippen molar-refractivity contribution >= 4 is 0 Å². The number of hydrogen-bond acceptors (Lipinski definition) is 2. The van der Waals surface area contributed by atoms with Crippen molar-refractivity contribution in [3.8, 4) is 0 Å². The number of aliphatic hydroxyl groups is 1. The van der Waals surface area contributed by atoms with Crippen molar-refractivity contribution in [1.82, 2.24) is 4.90 Å². The van der Waals surface area contributed by atoms with Crippen LogP contribution in [0.25, 0.3) is 0 Å². The first kappa shape index (κ1) is 10.3. The molecule has 0 bridgehead atoms. The van der Waals surface area contributed by atoms with E-state index in [9.17, 15) is 0 Å². The number of benzene rings is 1. The molecule has 1 N–H and O–H groups in total. The molecule has 1 aromatic carbocycles. The van der Waals surface area contributed by atoms with E-state index in [0.717, 1.165) is 12.5 Å². The van der Waals surface area contributed by atoms with Crippen molar-refractivity contribution in [1.29, 1.82) is 0 Å². The maximum absolute atomic E-state index is 9.12. The molecule has 2 aliphatic rings. The maximum atomic E-state index is 9.12. The Morgan fingerprint density at radius 2 is 2.19 bits per heavy atom. The zero-order valence-corrected chi connectivity index (χ0v) is 9.60. The van der Waals surface area contributed by atoms with Crippen LogP contribution in [0.15, 0.2) is 24.3 Å². The van der Waals surface area contributed by atoms with Gasteiger partial charge in [-0.3, -0.25) is 0 Å². The monoisotopic (exact) mass is 217 g/mol. The molecule has 3 rings (SSSR count). The first-order valence-corrected chi connectivity index (χ1v) is 6.28. The molecule has 2 unspecified atom stereocenters. The van der Waals surface area contributed by atoms with Gasteiger partial charge in [0.2, 0.25) is 0 Å². The van der Waals surface area contributed by atoms with Gasteiger partial charge >= 0.3 is 0 Å². The highest BCUT2D eigenvalue weighted by Crippen LogP contribution is 2.36. The third kappa shape index (κ3) is 1.76. The minimum absolute atomic E-state index is 0.359. The van der Waals surface area contributed by atoms with Crippen molar-refractivity contribution in [2.24, 2.45) is 5.92 Å². The van der Waals surface area contributed by atoms with Crippen LogP contribution in [-0.2, 0) is 6.42 Å². The van der Waals surface area contributed by atoms with E-state index >= 15 is 0 Å². The number of nitrogens with zero attached hydrogens (tertiary/aromatic N) is 1. The van der Waals surface area contributed by atoms with Crippen molar-refractivity contribution in [2.45, 2.75) is 18.8 Å². The van der Waals surface area contributed by atoms with Gasteiger partial charge in [0, 0.05) is 25.6 Å². The van der Waals surface area contributed by atoms with Gasteiger partial charge in [0.15, 0.2) is 0 Å². The lowest BCUT2D eigenvalue weighted by molar-refractivity contribution is 0.217. The van der Waals surface area contributed by atoms with Gasteiger partial charge in [0.05, 0.1) is 0 Å². The fraction of sp³-hybridized carbons (Fsp3) is 0.571. The summed E-state index contributed by atoms with van der Waals surface area (Å²) in [5.41, 5.74) is 3.08. The van der Waals surface area contributed by atoms with Crippen LogP contribution in [0, 0.1) is 5.92 Å². The summed E-state index contributed by atoms with van der Waals surface area (Å²) in [7, 11) is 0. The smallest absolute Gasteiger partial charge is 0.0471 e. The fourth-order valence-corrected chi connectivity index (χ4v) is 3.06. The maximum Gasteiger partial charge on any atom is 0.0471 e. The Morgan fingerprint density at radius 3 is 2.94 bits per heavy atom. The summed E-state index contributed by atoms with van der Waals surface area (Å²) in [4.78, 5) is 2.52. The van der Waals surface area contributed by atoms with Gasteiger partial charge in [0.25, 0.3) is 0 Å². The second kappa shape index (κ2) is 4.19. The topological polar surface area (TPSA) is 23.5 Å². The zero-order chi connectivity index (χ0) is 11.0. The normalized spacial score (nSPS) is 28.8. The van der Waals surface area contributed by atoms with Gasteiger partial charge < -0.3 is 10.0 Å². The molecule has 2 atom stereocenters. The Labute approximate surface area is 96.9 Å². The van der Waals surface area contributed by atoms with E-state index in [0.29, 0.717) is 12.5 Å². The summed E-state index contributed by atoms with van der Waals surface area (Å²) in [6.07, 6.45) is 2.42. The van der Waals surface area contributed by atoms with Crippen molar-refractivity contribution < 1.29 is 5.11 Å². The minimum Gasteiger partial charge on any atom is -0.396 e. The Kier molecular flexibility index (Phi) is 2.70. The zero-order valence-electron chi connectivity index (χ0n) is 9.60. The Morgan fingerprint density at radius 1 is 1.31 bits per heavy atom. The fourth-order valence-electron chi connectivity index (χ4n) is 3.06. The van der Waals surface area contributed by atoms with Gasteiger partial charge in [-0.15, -0.1) is 0 Å². The van der Waals surface area contributed by atoms with Crippen LogP contribution >= 0.6 is 0 Å². The third-order valence-corrected chi connectivity index (χ3v) is 4.07. The molecule has 0 spiro atoms. The molecule has 0 amide bonds. The predicted octanol–water partition coefficient (Wildman–Crippen LogP) is 1.64. The van der Waals surface area contributed by atoms with E-state index < -0.39 is 0 Å². The molecule has 1 fully saturated rings. The molecular formula is C14H19NO. The Hall–Kier alpha value is -0.860. The van der Waals surface area contributed by atoms with Crippen molar-refractivity contribution in [3.63, 3.8) is 0 Å². The van der Waals surface area contributed by atoms with Gasteiger partial charge in [-0.05, 0) is 36.4 Å². The Bertz CT molecular complexity index is 377. The number of hydrogen-bond donors (Lipinski definition) is 1. The molecule has 0 radical (unpaired) electrons. The van der Waals surface area contributed by atoms with Crippen LogP contribution in [0.2, 0.25) is 0 Å². The molecular weight excluding hydrogens is 198 g/mol. The van der Waals surface area contributed by atoms with Crippen LogP contribution in [0.1, 0.15) is 23.5 Å². The molecule has 1 heterocycles. The van der Waals surface area contributed by atoms with E-state index in [1.54, 1.807) is 5.56 Å². The lowest BCUT2D eigenvalue weighted by Crippen LogP contribution is -2.32. The van der Waals surface area contributed by atoms with Crippen LogP contribution in [0.4, 0.5) is 0 Å². The van der Waals surface area contributed by atoms with Gasteiger partial charge in [0.1, 0.15) is 0 Å². The summed E-state index contributed by atoms with van der Waals surface area (Å²) >= 11 is 0. The molecule has 1 aliphatic heterocycles. The molecule has 0 aromatic heterocycles. The quantitative estimate of drug-likeness (QED) is 0.832. The molecule has 16 heavy (non-hydrogen) atoms. The van der Waals surface area contributed by atoms with Crippen LogP contribution in [0.3, 0.4) is 0 Å². The Balaban J connectivity index is 1.59. The van der Waals surface area contributed by atoms with Gasteiger partial charge in [-0.2, -0.15) is 0 Å². The summed E-state index contributed by atoms with van der Waals surface area (Å²) < 4.78 is 0. The highest BCUT2D eigenvalue weighted by atomic mass is 16.3. The molecule has 1 saturated heterocycles. The molecule has 0 saturated carbocycles. The van der Waals surface area contributed by atoms with E-state index in [1.807, 2.05) is 0 Å². The summed E-state index contributed by atoms with van der Waals surface area (Å²) in [5.74, 6) is 1.27. The van der Waals surface area contributed by atoms with Crippen molar-refractivity contribution in [3.05, 3.63) is 35.4 Å². The van der Waals surface area contributed by atoms with Crippen LogP contribution < -0.4 is 0 Å². The predicted molar refractivity (Wildman–Crippen MR) is 64.5 cm³/mol. The van der Waals surface area contributed by atoms with Crippen LogP contribution in [-0.4, -0.2) is 36.2 Å². The number of rotatable bonds is 3. The molecule has 2 nitrogen and oxygen atoms in total. The molecule has 2 heteroatoms. The van der Waals surface area contributed by atoms with E-state index in [-0.39, 0.29) is 0 Å². The second-order valence-electron chi connectivity index (χ2n) is 5.20. The first-order valence-electron chi connectivity index (χ1n) is 6.28. The van der Waals surface area contributed by atoms with E-state index in [1.165, 1.54) is 31.5 Å². The summed E-state index contributed by atoms with van der Waals surface area (Å²) in [6.45, 7) is 3.81.